The molecule has 1 amide bonds. The molecule has 116 valence electrons. The fourth-order valence-corrected chi connectivity index (χ4v) is 1.92. The Labute approximate surface area is 124 Å². The number of alkyl halides is 3. The lowest BCUT2D eigenvalue weighted by molar-refractivity contribution is -0.139. The topological polar surface area (TPSA) is 42.3 Å². The Morgan fingerprint density at radius 2 is 1.77 bits per heavy atom. The molecule has 0 N–H and O–H groups in total. The lowest BCUT2D eigenvalue weighted by Gasteiger charge is -2.18. The first-order chi connectivity index (χ1) is 10.3. The Bertz CT molecular complexity index is 724. The summed E-state index contributed by atoms with van der Waals surface area (Å²) in [4.78, 5) is 25.2. The van der Waals surface area contributed by atoms with Gasteiger partial charge in [-0.2, -0.15) is 13.2 Å². The average Bonchev–Trinajstić information content (AvgIpc) is 2.48. The standard InChI is InChI=1S/C15H13F3N2O2/c1-19(11-6-3-2-4-7-11)13(21)10-20-9-5-8-12(14(20)22)15(16,17)18/h2-9H,10H2,1H3. The Morgan fingerprint density at radius 1 is 1.14 bits per heavy atom. The molecule has 2 aromatic rings. The van der Waals surface area contributed by atoms with Crippen LogP contribution in [0.4, 0.5) is 18.9 Å². The van der Waals surface area contributed by atoms with Gasteiger partial charge >= 0.3 is 6.18 Å². The van der Waals surface area contributed by atoms with Gasteiger partial charge < -0.3 is 9.47 Å². The number of benzene rings is 1. The number of rotatable bonds is 3. The van der Waals surface area contributed by atoms with Crippen molar-refractivity contribution in [1.29, 1.82) is 0 Å². The summed E-state index contributed by atoms with van der Waals surface area (Å²) in [6.45, 7) is -0.464. The van der Waals surface area contributed by atoms with Gasteiger partial charge in [0.05, 0.1) is 0 Å². The van der Waals surface area contributed by atoms with Crippen LogP contribution >= 0.6 is 0 Å². The number of para-hydroxylation sites is 1. The average molecular weight is 310 g/mol. The highest BCUT2D eigenvalue weighted by molar-refractivity contribution is 5.92. The Hall–Kier alpha value is -2.57. The van der Waals surface area contributed by atoms with E-state index in [2.05, 4.69) is 0 Å². The first kappa shape index (κ1) is 15.8. The van der Waals surface area contributed by atoms with E-state index < -0.39 is 29.8 Å². The molecule has 0 aliphatic heterocycles. The Morgan fingerprint density at radius 3 is 2.36 bits per heavy atom. The monoisotopic (exact) mass is 310 g/mol. The van der Waals surface area contributed by atoms with Gasteiger partial charge in [0.1, 0.15) is 12.1 Å². The predicted molar refractivity (Wildman–Crippen MR) is 75.6 cm³/mol. The number of carbonyl (C=O) groups is 1. The van der Waals surface area contributed by atoms with E-state index in [0.29, 0.717) is 11.8 Å². The number of pyridine rings is 1. The van der Waals surface area contributed by atoms with E-state index in [1.54, 1.807) is 30.3 Å². The van der Waals surface area contributed by atoms with Crippen molar-refractivity contribution < 1.29 is 18.0 Å². The van der Waals surface area contributed by atoms with E-state index in [1.165, 1.54) is 11.9 Å². The van der Waals surface area contributed by atoms with Gasteiger partial charge in [-0.1, -0.05) is 18.2 Å². The van der Waals surface area contributed by atoms with E-state index in [1.807, 2.05) is 0 Å². The molecular formula is C15H13F3N2O2. The SMILES string of the molecule is CN(C(=O)Cn1cccc(C(F)(F)F)c1=O)c1ccccc1. The third kappa shape index (κ3) is 3.36. The maximum atomic E-state index is 12.7. The summed E-state index contributed by atoms with van der Waals surface area (Å²) in [5, 5.41) is 0. The zero-order valence-electron chi connectivity index (χ0n) is 11.7. The molecule has 1 heterocycles. The second-order valence-corrected chi connectivity index (χ2v) is 4.64. The molecule has 1 aromatic heterocycles. The minimum Gasteiger partial charge on any atom is -0.314 e. The van der Waals surface area contributed by atoms with Gasteiger partial charge in [0.2, 0.25) is 5.91 Å². The van der Waals surface area contributed by atoms with Crippen LogP contribution < -0.4 is 10.5 Å². The summed E-state index contributed by atoms with van der Waals surface area (Å²) < 4.78 is 38.8. The van der Waals surface area contributed by atoms with Crippen molar-refractivity contribution in [3.63, 3.8) is 0 Å². The highest BCUT2D eigenvalue weighted by Gasteiger charge is 2.34. The molecule has 22 heavy (non-hydrogen) atoms. The number of anilines is 1. The smallest absolute Gasteiger partial charge is 0.314 e. The number of aromatic nitrogens is 1. The van der Waals surface area contributed by atoms with Gasteiger partial charge in [0.25, 0.3) is 5.56 Å². The van der Waals surface area contributed by atoms with Gasteiger partial charge in [-0.3, -0.25) is 9.59 Å². The van der Waals surface area contributed by atoms with Gasteiger partial charge in [0.15, 0.2) is 0 Å². The highest BCUT2D eigenvalue weighted by Crippen LogP contribution is 2.26. The Balaban J connectivity index is 2.25. The summed E-state index contributed by atoms with van der Waals surface area (Å²) in [6, 6.07) is 10.4. The van der Waals surface area contributed by atoms with Crippen molar-refractivity contribution in [3.05, 3.63) is 64.6 Å². The lowest BCUT2D eigenvalue weighted by Crippen LogP contribution is -2.35. The zero-order chi connectivity index (χ0) is 16.3. The molecule has 0 aliphatic rings. The molecule has 0 saturated heterocycles. The van der Waals surface area contributed by atoms with Crippen molar-refractivity contribution in [2.45, 2.75) is 12.7 Å². The van der Waals surface area contributed by atoms with Crippen LogP contribution in [0, 0.1) is 0 Å². The maximum absolute atomic E-state index is 12.7. The molecule has 0 spiro atoms. The summed E-state index contributed by atoms with van der Waals surface area (Å²) in [6.07, 6.45) is -3.58. The number of carbonyl (C=O) groups excluding carboxylic acids is 1. The number of hydrogen-bond donors (Lipinski definition) is 0. The van der Waals surface area contributed by atoms with Crippen LogP contribution in [0.15, 0.2) is 53.5 Å². The first-order valence-electron chi connectivity index (χ1n) is 6.39. The summed E-state index contributed by atoms with van der Waals surface area (Å²) in [7, 11) is 1.50. The van der Waals surface area contributed by atoms with E-state index in [4.69, 9.17) is 0 Å². The van der Waals surface area contributed by atoms with Gasteiger partial charge in [-0.15, -0.1) is 0 Å². The fourth-order valence-electron chi connectivity index (χ4n) is 1.92. The van der Waals surface area contributed by atoms with Crippen molar-refractivity contribution in [1.82, 2.24) is 4.57 Å². The van der Waals surface area contributed by atoms with E-state index in [0.717, 1.165) is 16.8 Å². The van der Waals surface area contributed by atoms with Crippen LogP contribution in [0.3, 0.4) is 0 Å². The molecule has 4 nitrogen and oxygen atoms in total. The van der Waals surface area contributed by atoms with E-state index in [-0.39, 0.29) is 0 Å². The van der Waals surface area contributed by atoms with Crippen molar-refractivity contribution in [3.8, 4) is 0 Å². The normalized spacial score (nSPS) is 11.3. The first-order valence-corrected chi connectivity index (χ1v) is 6.39. The van der Waals surface area contributed by atoms with Crippen LogP contribution in [-0.2, 0) is 17.5 Å². The molecule has 7 heteroatoms. The van der Waals surface area contributed by atoms with Gasteiger partial charge in [0, 0.05) is 18.9 Å². The number of likely N-dealkylation sites (N-methyl/N-ethyl adjacent to an activating group) is 1. The van der Waals surface area contributed by atoms with Crippen LogP contribution in [0.25, 0.3) is 0 Å². The molecule has 0 fully saturated rings. The number of halogens is 3. The minimum atomic E-state index is -4.74. The van der Waals surface area contributed by atoms with Crippen molar-refractivity contribution in [2.75, 3.05) is 11.9 Å². The van der Waals surface area contributed by atoms with Crippen molar-refractivity contribution in [2.24, 2.45) is 0 Å². The van der Waals surface area contributed by atoms with Crippen molar-refractivity contribution >= 4 is 11.6 Å². The highest BCUT2D eigenvalue weighted by atomic mass is 19.4. The van der Waals surface area contributed by atoms with Crippen LogP contribution in [0.5, 0.6) is 0 Å². The molecule has 1 aromatic carbocycles. The molecule has 2 rings (SSSR count). The summed E-state index contributed by atoms with van der Waals surface area (Å²) >= 11 is 0. The Kier molecular flexibility index (Phi) is 4.35. The van der Waals surface area contributed by atoms with Gasteiger partial charge in [-0.05, 0) is 24.3 Å². The molecule has 0 bridgehead atoms. The number of amides is 1. The lowest BCUT2D eigenvalue weighted by atomic mass is 10.2. The van der Waals surface area contributed by atoms with E-state index >= 15 is 0 Å². The molecule has 0 atom stereocenters. The van der Waals surface area contributed by atoms with Crippen LogP contribution in [0.1, 0.15) is 5.56 Å². The molecular weight excluding hydrogens is 297 g/mol. The third-order valence-electron chi connectivity index (χ3n) is 3.15. The predicted octanol–water partition coefficient (Wildman–Crippen LogP) is 2.53. The summed E-state index contributed by atoms with van der Waals surface area (Å²) in [5.41, 5.74) is -1.93. The quantitative estimate of drug-likeness (QED) is 0.874. The fraction of sp³-hybridized carbons (Fsp3) is 0.200. The van der Waals surface area contributed by atoms with Crippen LogP contribution in [0.2, 0.25) is 0 Å². The third-order valence-corrected chi connectivity index (χ3v) is 3.15. The zero-order valence-corrected chi connectivity index (χ0v) is 11.7. The maximum Gasteiger partial charge on any atom is 0.421 e. The molecule has 0 radical (unpaired) electrons. The second-order valence-electron chi connectivity index (χ2n) is 4.64. The molecule has 0 aliphatic carbocycles. The van der Waals surface area contributed by atoms with E-state index in [9.17, 15) is 22.8 Å². The number of nitrogens with zero attached hydrogens (tertiary/aromatic N) is 2. The van der Waals surface area contributed by atoms with Gasteiger partial charge in [-0.25, -0.2) is 0 Å². The largest absolute Gasteiger partial charge is 0.421 e. The molecule has 0 unspecified atom stereocenters. The second kappa shape index (κ2) is 6.05. The minimum absolute atomic E-state index is 0.464. The summed E-state index contributed by atoms with van der Waals surface area (Å²) in [5.74, 6) is -0.493. The van der Waals surface area contributed by atoms with Crippen LogP contribution in [-0.4, -0.2) is 17.5 Å². The number of hydrogen-bond acceptors (Lipinski definition) is 2. The molecule has 0 saturated carbocycles.